The maximum atomic E-state index is 12.7. The van der Waals surface area contributed by atoms with Crippen LogP contribution in [-0.4, -0.2) is 87.5 Å². The number of likely N-dealkylation sites (tertiary alicyclic amines) is 1. The number of aromatic amines is 1. The van der Waals surface area contributed by atoms with E-state index in [4.69, 9.17) is 4.74 Å². The summed E-state index contributed by atoms with van der Waals surface area (Å²) in [6, 6.07) is 11.0. The van der Waals surface area contributed by atoms with Crippen LogP contribution < -0.4 is 10.1 Å². The molecule has 10 heteroatoms. The fraction of sp³-hybridized carbons (Fsp3) is 0.429. The number of amides is 2. The number of rotatable bonds is 8. The first kappa shape index (κ1) is 25.9. The number of carbonyl (C=O) groups is 2. The van der Waals surface area contributed by atoms with Gasteiger partial charge in [-0.05, 0) is 55.8 Å². The highest BCUT2D eigenvalue weighted by Gasteiger charge is 2.22. The molecule has 10 nitrogen and oxygen atoms in total. The number of anilines is 1. The zero-order valence-electron chi connectivity index (χ0n) is 21.6. The lowest BCUT2D eigenvalue weighted by atomic mass is 10.1. The number of ether oxygens (including phenoxy) is 1. The topological polar surface area (TPSA) is 107 Å². The number of carbonyl (C=O) groups excluding carboxylic acids is 2. The number of nitrogens with one attached hydrogen (secondary N) is 2. The second kappa shape index (κ2) is 12.7. The largest absolute Gasteiger partial charge is 0.415 e. The highest BCUT2D eigenvalue weighted by Crippen LogP contribution is 2.17. The number of piperidine rings is 1. The molecule has 2 fully saturated rings. The van der Waals surface area contributed by atoms with Crippen LogP contribution in [0, 0.1) is 0 Å². The Hall–Kier alpha value is -3.76. The Bertz CT molecular complexity index is 1170. The molecule has 0 atom stereocenters. The second-order valence-corrected chi connectivity index (χ2v) is 9.89. The molecular weight excluding hydrogens is 482 g/mol. The number of piperazine rings is 1. The van der Waals surface area contributed by atoms with Crippen LogP contribution in [0.15, 0.2) is 55.1 Å². The summed E-state index contributed by atoms with van der Waals surface area (Å²) < 4.78 is 5.50. The van der Waals surface area contributed by atoms with Crippen LogP contribution in [-0.2, 0) is 13.0 Å². The van der Waals surface area contributed by atoms with E-state index in [1.165, 1.54) is 31.0 Å². The molecule has 0 bridgehead atoms. The summed E-state index contributed by atoms with van der Waals surface area (Å²) in [6.45, 7) is 6.94. The number of nitrogens with zero attached hydrogens (tertiary/aromatic N) is 5. The zero-order chi connectivity index (χ0) is 26.2. The first-order valence-electron chi connectivity index (χ1n) is 13.4. The van der Waals surface area contributed by atoms with Crippen LogP contribution >= 0.6 is 0 Å². The SMILES string of the molecule is O=C(Nc1ccc(OC(=O)N2CCN(CCc3cnc[nH]3)CC2)cn1)c1ccc(CN2CCCCC2)cc1. The minimum absolute atomic E-state index is 0.225. The van der Waals surface area contributed by atoms with Crippen LogP contribution in [0.25, 0.3) is 0 Å². The van der Waals surface area contributed by atoms with E-state index in [0.717, 1.165) is 51.4 Å². The summed E-state index contributed by atoms with van der Waals surface area (Å²) in [5.74, 6) is 0.520. The van der Waals surface area contributed by atoms with Crippen LogP contribution in [0.3, 0.4) is 0 Å². The molecule has 2 saturated heterocycles. The maximum Gasteiger partial charge on any atom is 0.415 e. The predicted molar refractivity (Wildman–Crippen MR) is 144 cm³/mol. The zero-order valence-corrected chi connectivity index (χ0v) is 21.6. The van der Waals surface area contributed by atoms with Gasteiger partial charge in [-0.15, -0.1) is 0 Å². The minimum atomic E-state index is -0.388. The van der Waals surface area contributed by atoms with Crippen molar-refractivity contribution in [2.75, 3.05) is 51.1 Å². The fourth-order valence-corrected chi connectivity index (χ4v) is 4.86. The van der Waals surface area contributed by atoms with Crippen LogP contribution in [0.1, 0.15) is 40.9 Å². The third-order valence-electron chi connectivity index (χ3n) is 7.14. The Kier molecular flexibility index (Phi) is 8.62. The molecule has 2 aliphatic heterocycles. The lowest BCUT2D eigenvalue weighted by Gasteiger charge is -2.33. The van der Waals surface area contributed by atoms with Crippen molar-refractivity contribution in [3.63, 3.8) is 0 Å². The van der Waals surface area contributed by atoms with E-state index in [-0.39, 0.29) is 12.0 Å². The van der Waals surface area contributed by atoms with Crippen LogP contribution in [0.4, 0.5) is 10.6 Å². The standard InChI is InChI=1S/C28H35N7O3/c36-27(23-6-4-22(5-7-23)20-34-11-2-1-3-12-34)32-26-9-8-25(19-30-26)38-28(37)35-16-14-33(15-17-35)13-10-24-18-29-21-31-24/h4-9,18-19,21H,1-3,10-17,20H2,(H,29,31)(H,30,32,36). The molecule has 4 heterocycles. The Morgan fingerprint density at radius 2 is 1.68 bits per heavy atom. The molecule has 38 heavy (non-hydrogen) atoms. The smallest absolute Gasteiger partial charge is 0.409 e. The molecule has 2 N–H and O–H groups in total. The van der Waals surface area contributed by atoms with Crippen molar-refractivity contribution in [2.24, 2.45) is 0 Å². The summed E-state index contributed by atoms with van der Waals surface area (Å²) in [5, 5.41) is 2.81. The van der Waals surface area contributed by atoms with Gasteiger partial charge in [0.25, 0.3) is 5.91 Å². The van der Waals surface area contributed by atoms with Crippen molar-refractivity contribution in [3.8, 4) is 5.75 Å². The molecule has 1 aromatic carbocycles. The number of hydrogen-bond donors (Lipinski definition) is 2. The monoisotopic (exact) mass is 517 g/mol. The van der Waals surface area contributed by atoms with Crippen molar-refractivity contribution in [3.05, 3.63) is 71.9 Å². The summed E-state index contributed by atoms with van der Waals surface area (Å²) in [7, 11) is 0. The molecule has 0 saturated carbocycles. The lowest BCUT2D eigenvalue weighted by molar-refractivity contribution is 0.102. The molecule has 0 aliphatic carbocycles. The van der Waals surface area contributed by atoms with E-state index >= 15 is 0 Å². The number of benzene rings is 1. The van der Waals surface area contributed by atoms with Crippen molar-refractivity contribution in [2.45, 2.75) is 32.2 Å². The molecule has 2 amide bonds. The van der Waals surface area contributed by atoms with Crippen molar-refractivity contribution in [1.82, 2.24) is 29.7 Å². The normalized spacial score (nSPS) is 16.8. The quantitative estimate of drug-likeness (QED) is 0.472. The summed E-state index contributed by atoms with van der Waals surface area (Å²) in [4.78, 5) is 43.1. The maximum absolute atomic E-state index is 12.7. The fourth-order valence-electron chi connectivity index (χ4n) is 4.86. The molecule has 3 aromatic rings. The van der Waals surface area contributed by atoms with Gasteiger partial charge in [0.1, 0.15) is 5.82 Å². The first-order chi connectivity index (χ1) is 18.6. The number of pyridine rings is 1. The number of hydrogen-bond acceptors (Lipinski definition) is 7. The van der Waals surface area contributed by atoms with Crippen molar-refractivity contribution in [1.29, 1.82) is 0 Å². The summed E-state index contributed by atoms with van der Waals surface area (Å²) >= 11 is 0. The Morgan fingerprint density at radius 3 is 2.37 bits per heavy atom. The molecule has 200 valence electrons. The van der Waals surface area contributed by atoms with E-state index in [1.54, 1.807) is 23.4 Å². The van der Waals surface area contributed by atoms with E-state index in [9.17, 15) is 9.59 Å². The van der Waals surface area contributed by atoms with Crippen LogP contribution in [0.5, 0.6) is 5.75 Å². The van der Waals surface area contributed by atoms with Gasteiger partial charge in [-0.25, -0.2) is 14.8 Å². The van der Waals surface area contributed by atoms with Gasteiger partial charge in [0.15, 0.2) is 5.75 Å². The highest BCUT2D eigenvalue weighted by atomic mass is 16.6. The van der Waals surface area contributed by atoms with E-state index in [1.807, 2.05) is 30.5 Å². The molecule has 5 rings (SSSR count). The highest BCUT2D eigenvalue weighted by molar-refractivity contribution is 6.03. The second-order valence-electron chi connectivity index (χ2n) is 9.89. The molecule has 0 unspecified atom stereocenters. The third kappa shape index (κ3) is 7.17. The average Bonchev–Trinajstić information content (AvgIpc) is 3.48. The summed E-state index contributed by atoms with van der Waals surface area (Å²) in [5.41, 5.74) is 2.90. The van der Waals surface area contributed by atoms with Gasteiger partial charge < -0.3 is 19.9 Å². The Morgan fingerprint density at radius 1 is 0.895 bits per heavy atom. The van der Waals surface area contributed by atoms with Gasteiger partial charge in [-0.3, -0.25) is 14.6 Å². The predicted octanol–water partition coefficient (Wildman–Crippen LogP) is 3.40. The molecule has 2 aromatic heterocycles. The van der Waals surface area contributed by atoms with E-state index in [2.05, 4.69) is 30.1 Å². The molecular formula is C28H35N7O3. The molecule has 0 radical (unpaired) electrons. The van der Waals surface area contributed by atoms with Crippen LogP contribution in [0.2, 0.25) is 0 Å². The van der Waals surface area contributed by atoms with Crippen molar-refractivity contribution < 1.29 is 14.3 Å². The number of H-pyrrole nitrogens is 1. The number of imidazole rings is 1. The first-order valence-corrected chi connectivity index (χ1v) is 13.4. The minimum Gasteiger partial charge on any atom is -0.409 e. The average molecular weight is 518 g/mol. The third-order valence-corrected chi connectivity index (χ3v) is 7.14. The number of aromatic nitrogens is 3. The van der Waals surface area contributed by atoms with Gasteiger partial charge in [-0.1, -0.05) is 18.6 Å². The Balaban J connectivity index is 1.05. The van der Waals surface area contributed by atoms with Gasteiger partial charge in [-0.2, -0.15) is 0 Å². The molecule has 0 spiro atoms. The Labute approximate surface area is 223 Å². The van der Waals surface area contributed by atoms with Gasteiger partial charge in [0, 0.05) is 63.1 Å². The van der Waals surface area contributed by atoms with E-state index in [0.29, 0.717) is 30.2 Å². The molecule has 2 aliphatic rings. The van der Waals surface area contributed by atoms with Gasteiger partial charge in [0.05, 0.1) is 12.5 Å². The summed E-state index contributed by atoms with van der Waals surface area (Å²) in [6.07, 6.45) is 9.34. The van der Waals surface area contributed by atoms with Gasteiger partial charge in [0.2, 0.25) is 0 Å². The van der Waals surface area contributed by atoms with Gasteiger partial charge >= 0.3 is 6.09 Å². The van der Waals surface area contributed by atoms with Crippen molar-refractivity contribution >= 4 is 17.8 Å². The van der Waals surface area contributed by atoms with E-state index < -0.39 is 0 Å². The lowest BCUT2D eigenvalue weighted by Crippen LogP contribution is -2.49.